The van der Waals surface area contributed by atoms with Gasteiger partial charge in [0, 0.05) is 13.1 Å². The summed E-state index contributed by atoms with van der Waals surface area (Å²) in [6.45, 7) is 7.15. The van der Waals surface area contributed by atoms with Gasteiger partial charge in [0.05, 0.1) is 35.2 Å². The Labute approximate surface area is 248 Å². The molecule has 42 heavy (non-hydrogen) atoms. The normalized spacial score (nSPS) is 14.5. The van der Waals surface area contributed by atoms with Crippen molar-refractivity contribution in [2.24, 2.45) is 0 Å². The van der Waals surface area contributed by atoms with Gasteiger partial charge >= 0.3 is 0 Å². The highest BCUT2D eigenvalue weighted by atomic mass is 32.2. The third-order valence-corrected chi connectivity index (χ3v) is 10.6. The molecule has 1 aliphatic heterocycles. The van der Waals surface area contributed by atoms with Crippen molar-refractivity contribution in [3.63, 3.8) is 0 Å². The van der Waals surface area contributed by atoms with E-state index in [0.29, 0.717) is 37.7 Å². The van der Waals surface area contributed by atoms with Crippen molar-refractivity contribution in [1.29, 1.82) is 0 Å². The number of aryl methyl sites for hydroxylation is 1. The lowest BCUT2D eigenvalue weighted by Crippen LogP contribution is -2.42. The number of amides is 1. The van der Waals surface area contributed by atoms with Gasteiger partial charge in [0.2, 0.25) is 15.9 Å². The second-order valence-corrected chi connectivity index (χ2v) is 14.1. The van der Waals surface area contributed by atoms with Crippen LogP contribution in [0.1, 0.15) is 30.9 Å². The molecule has 0 radical (unpaired) electrons. The molecule has 0 saturated carbocycles. The number of carbonyl (C=O) groups is 1. The highest BCUT2D eigenvalue weighted by Gasteiger charge is 2.28. The van der Waals surface area contributed by atoms with Crippen molar-refractivity contribution in [2.45, 2.75) is 36.5 Å². The van der Waals surface area contributed by atoms with Crippen LogP contribution in [0.25, 0.3) is 0 Å². The SMILES string of the molecule is Cc1ccc(S(=O)(=O)N(CC(=O)NCCOc2ccc(S(=O)(=O)N3CCOCC3)cc2)c2ccc(C(C)C)cc2)cc1. The minimum Gasteiger partial charge on any atom is -0.492 e. The fourth-order valence-corrected chi connectivity index (χ4v) is 7.20. The quantitative estimate of drug-likeness (QED) is 0.310. The molecule has 0 spiro atoms. The van der Waals surface area contributed by atoms with Gasteiger partial charge in [0.1, 0.15) is 18.9 Å². The van der Waals surface area contributed by atoms with Gasteiger partial charge in [-0.2, -0.15) is 4.31 Å². The summed E-state index contributed by atoms with van der Waals surface area (Å²) in [7, 11) is -7.62. The summed E-state index contributed by atoms with van der Waals surface area (Å²) in [5, 5.41) is 2.71. The largest absolute Gasteiger partial charge is 0.492 e. The number of benzene rings is 3. The van der Waals surface area contributed by atoms with Crippen LogP contribution in [0.2, 0.25) is 0 Å². The van der Waals surface area contributed by atoms with E-state index in [1.54, 1.807) is 36.4 Å². The molecule has 1 amide bonds. The van der Waals surface area contributed by atoms with Crippen LogP contribution in [0.5, 0.6) is 5.75 Å². The second-order valence-electron chi connectivity index (χ2n) is 10.3. The Hall–Kier alpha value is -3.45. The molecule has 1 N–H and O–H groups in total. The zero-order valence-corrected chi connectivity index (χ0v) is 25.7. The predicted octanol–water partition coefficient (Wildman–Crippen LogP) is 3.53. The Morgan fingerprint density at radius 2 is 1.50 bits per heavy atom. The van der Waals surface area contributed by atoms with Gasteiger partial charge in [0.25, 0.3) is 10.0 Å². The van der Waals surface area contributed by atoms with Gasteiger partial charge in [-0.3, -0.25) is 9.10 Å². The molecule has 4 rings (SSSR count). The first kappa shape index (κ1) is 31.5. The number of sulfonamides is 2. The van der Waals surface area contributed by atoms with E-state index < -0.39 is 32.5 Å². The van der Waals surface area contributed by atoms with E-state index in [0.717, 1.165) is 15.4 Å². The third kappa shape index (κ3) is 7.68. The Kier molecular flexibility index (Phi) is 10.3. The number of morpholine rings is 1. The number of hydrogen-bond donors (Lipinski definition) is 1. The summed E-state index contributed by atoms with van der Waals surface area (Å²) in [6, 6.07) is 19.7. The van der Waals surface area contributed by atoms with Crippen molar-refractivity contribution in [3.8, 4) is 5.75 Å². The monoisotopic (exact) mass is 615 g/mol. The van der Waals surface area contributed by atoms with E-state index in [2.05, 4.69) is 5.32 Å². The molecule has 1 fully saturated rings. The average Bonchev–Trinajstić information content (AvgIpc) is 2.99. The van der Waals surface area contributed by atoms with Crippen LogP contribution in [0.15, 0.2) is 82.6 Å². The second kappa shape index (κ2) is 13.7. The summed E-state index contributed by atoms with van der Waals surface area (Å²) in [5.41, 5.74) is 2.37. The van der Waals surface area contributed by atoms with Crippen molar-refractivity contribution in [3.05, 3.63) is 83.9 Å². The molecular formula is C30H37N3O7S2. The van der Waals surface area contributed by atoms with Crippen LogP contribution in [0.4, 0.5) is 5.69 Å². The minimum absolute atomic E-state index is 0.0938. The van der Waals surface area contributed by atoms with Gasteiger partial charge in [-0.05, 0) is 66.9 Å². The Bertz CT molecular complexity index is 1550. The average molecular weight is 616 g/mol. The molecule has 12 heteroatoms. The van der Waals surface area contributed by atoms with Crippen LogP contribution >= 0.6 is 0 Å². The van der Waals surface area contributed by atoms with E-state index in [-0.39, 0.29) is 28.9 Å². The highest BCUT2D eigenvalue weighted by molar-refractivity contribution is 7.92. The molecule has 10 nitrogen and oxygen atoms in total. The summed E-state index contributed by atoms with van der Waals surface area (Å²) >= 11 is 0. The van der Waals surface area contributed by atoms with Crippen LogP contribution < -0.4 is 14.4 Å². The van der Waals surface area contributed by atoms with E-state index in [4.69, 9.17) is 9.47 Å². The summed E-state index contributed by atoms with van der Waals surface area (Å²) in [5.74, 6) is 0.225. The zero-order valence-electron chi connectivity index (χ0n) is 24.0. The number of anilines is 1. The first-order valence-electron chi connectivity index (χ1n) is 13.8. The Morgan fingerprint density at radius 3 is 2.10 bits per heavy atom. The van der Waals surface area contributed by atoms with Crippen LogP contribution in [0.3, 0.4) is 0 Å². The van der Waals surface area contributed by atoms with Gasteiger partial charge in [0.15, 0.2) is 0 Å². The Balaban J connectivity index is 1.37. The maximum Gasteiger partial charge on any atom is 0.264 e. The lowest BCUT2D eigenvalue weighted by molar-refractivity contribution is -0.119. The molecule has 3 aromatic rings. The molecule has 1 aliphatic rings. The molecule has 0 aliphatic carbocycles. The van der Waals surface area contributed by atoms with Crippen LogP contribution in [-0.4, -0.2) is 73.0 Å². The zero-order chi connectivity index (χ0) is 30.3. The maximum atomic E-state index is 13.6. The third-order valence-electron chi connectivity index (χ3n) is 6.87. The molecule has 0 aromatic heterocycles. The van der Waals surface area contributed by atoms with Gasteiger partial charge in [-0.25, -0.2) is 16.8 Å². The summed E-state index contributed by atoms with van der Waals surface area (Å²) < 4.78 is 66.1. The molecule has 0 atom stereocenters. The number of ether oxygens (including phenoxy) is 2. The molecule has 0 unspecified atom stereocenters. The lowest BCUT2D eigenvalue weighted by atomic mass is 10.0. The Morgan fingerprint density at radius 1 is 0.905 bits per heavy atom. The topological polar surface area (TPSA) is 122 Å². The first-order valence-corrected chi connectivity index (χ1v) is 16.6. The molecule has 1 saturated heterocycles. The highest BCUT2D eigenvalue weighted by Crippen LogP contribution is 2.26. The number of nitrogens with one attached hydrogen (secondary N) is 1. The fourth-order valence-electron chi connectivity index (χ4n) is 4.37. The van der Waals surface area contributed by atoms with E-state index in [1.165, 1.54) is 28.6 Å². The number of nitrogens with zero attached hydrogens (tertiary/aromatic N) is 2. The number of carbonyl (C=O) groups excluding carboxylic acids is 1. The van der Waals surface area contributed by atoms with Crippen molar-refractivity contribution in [1.82, 2.24) is 9.62 Å². The van der Waals surface area contributed by atoms with Crippen molar-refractivity contribution in [2.75, 3.05) is 50.3 Å². The smallest absolute Gasteiger partial charge is 0.264 e. The van der Waals surface area contributed by atoms with Gasteiger partial charge < -0.3 is 14.8 Å². The maximum absolute atomic E-state index is 13.6. The first-order chi connectivity index (χ1) is 20.0. The van der Waals surface area contributed by atoms with Gasteiger partial charge in [-0.15, -0.1) is 0 Å². The van der Waals surface area contributed by atoms with Crippen LogP contribution in [-0.2, 0) is 29.6 Å². The molecule has 226 valence electrons. The molecule has 3 aromatic carbocycles. The fraction of sp³-hybridized carbons (Fsp3) is 0.367. The predicted molar refractivity (Wildman–Crippen MR) is 161 cm³/mol. The van der Waals surface area contributed by atoms with Crippen LogP contribution in [0, 0.1) is 6.92 Å². The lowest BCUT2D eigenvalue weighted by Gasteiger charge is -2.26. The summed E-state index contributed by atoms with van der Waals surface area (Å²) in [4.78, 5) is 13.2. The molecular weight excluding hydrogens is 578 g/mol. The standard InChI is InChI=1S/C30H37N3O7S2/c1-23(2)25-6-8-26(9-7-25)33(42(37,38)29-12-4-24(3)5-13-29)22-30(34)31-16-19-40-27-10-14-28(15-11-27)41(35,36)32-17-20-39-21-18-32/h4-15,23H,16-22H2,1-3H3,(H,31,34). The molecule has 1 heterocycles. The minimum atomic E-state index is -4.02. The van der Waals surface area contributed by atoms with E-state index >= 15 is 0 Å². The van der Waals surface area contributed by atoms with E-state index in [9.17, 15) is 21.6 Å². The summed E-state index contributed by atoms with van der Waals surface area (Å²) in [6.07, 6.45) is 0. The van der Waals surface area contributed by atoms with Crippen molar-refractivity contribution >= 4 is 31.6 Å². The van der Waals surface area contributed by atoms with Gasteiger partial charge in [-0.1, -0.05) is 43.7 Å². The van der Waals surface area contributed by atoms with E-state index in [1.807, 2.05) is 32.9 Å². The number of rotatable bonds is 12. The number of hydrogen-bond acceptors (Lipinski definition) is 7. The van der Waals surface area contributed by atoms with Crippen molar-refractivity contribution < 1.29 is 31.1 Å². The molecule has 0 bridgehead atoms.